The van der Waals surface area contributed by atoms with E-state index in [9.17, 15) is 13.2 Å². The summed E-state index contributed by atoms with van der Waals surface area (Å²) >= 11 is 3.35. The Morgan fingerprint density at radius 3 is 2.58 bits per heavy atom. The molecule has 0 bridgehead atoms. The van der Waals surface area contributed by atoms with Crippen LogP contribution in [-0.2, 0) is 10.0 Å². The molecule has 0 spiro atoms. The molecule has 1 amide bonds. The lowest BCUT2D eigenvalue weighted by Crippen LogP contribution is -2.29. The summed E-state index contributed by atoms with van der Waals surface area (Å²) in [6, 6.07) is 4.66. The Balaban J connectivity index is 2.09. The third-order valence-corrected chi connectivity index (χ3v) is 6.79. The molecule has 0 aromatic heterocycles. The van der Waals surface area contributed by atoms with Crippen LogP contribution in [-0.4, -0.2) is 38.3 Å². The number of amides is 1. The van der Waals surface area contributed by atoms with Crippen molar-refractivity contribution in [2.75, 3.05) is 19.6 Å². The van der Waals surface area contributed by atoms with Gasteiger partial charge in [-0.3, -0.25) is 4.79 Å². The topological polar surface area (TPSA) is 66.5 Å². The number of nitrogens with zero attached hydrogens (tertiary/aromatic N) is 1. The molecule has 1 heterocycles. The molecule has 0 unspecified atom stereocenters. The van der Waals surface area contributed by atoms with Gasteiger partial charge in [0.25, 0.3) is 5.91 Å². The minimum Gasteiger partial charge on any atom is -0.352 e. The van der Waals surface area contributed by atoms with Gasteiger partial charge in [-0.2, -0.15) is 4.31 Å². The lowest BCUT2D eigenvalue weighted by atomic mass is 10.2. The van der Waals surface area contributed by atoms with Crippen LogP contribution in [0.5, 0.6) is 0 Å². The molecule has 5 nitrogen and oxygen atoms in total. The highest BCUT2D eigenvalue weighted by atomic mass is 79.9. The zero-order valence-electron chi connectivity index (χ0n) is 14.1. The van der Waals surface area contributed by atoms with E-state index >= 15 is 0 Å². The average molecular weight is 417 g/mol. The standard InChI is InChI=1S/C17H25BrN2O3S/c1-2-3-4-5-10-19-17(21)15-13-14(8-9-16(15)18)24(22,23)20-11-6-7-12-20/h8-9,13H,2-7,10-12H2,1H3,(H,19,21). The lowest BCUT2D eigenvalue weighted by molar-refractivity contribution is 0.0952. The number of nitrogens with one attached hydrogen (secondary N) is 1. The van der Waals surface area contributed by atoms with Gasteiger partial charge in [0.1, 0.15) is 0 Å². The Labute approximate surface area is 153 Å². The Morgan fingerprint density at radius 2 is 1.92 bits per heavy atom. The molecule has 1 saturated heterocycles. The molecule has 1 aromatic carbocycles. The molecular weight excluding hydrogens is 392 g/mol. The fourth-order valence-corrected chi connectivity index (χ4v) is 4.74. The SMILES string of the molecule is CCCCCCNC(=O)c1cc(S(=O)(=O)N2CCCC2)ccc1Br. The van der Waals surface area contributed by atoms with Crippen LogP contribution >= 0.6 is 15.9 Å². The molecule has 0 aliphatic carbocycles. The molecule has 0 atom stereocenters. The summed E-state index contributed by atoms with van der Waals surface area (Å²) in [6.45, 7) is 3.85. The first-order chi connectivity index (χ1) is 11.5. The van der Waals surface area contributed by atoms with Crippen LogP contribution < -0.4 is 5.32 Å². The summed E-state index contributed by atoms with van der Waals surface area (Å²) in [6.07, 6.45) is 6.10. The zero-order valence-corrected chi connectivity index (χ0v) is 16.5. The van der Waals surface area contributed by atoms with E-state index in [0.29, 0.717) is 29.7 Å². The normalized spacial score (nSPS) is 15.6. The number of rotatable bonds is 8. The van der Waals surface area contributed by atoms with E-state index in [1.165, 1.54) is 10.4 Å². The van der Waals surface area contributed by atoms with E-state index in [-0.39, 0.29) is 10.8 Å². The first kappa shape index (κ1) is 19.4. The quantitative estimate of drug-likeness (QED) is 0.658. The van der Waals surface area contributed by atoms with E-state index in [4.69, 9.17) is 0 Å². The van der Waals surface area contributed by atoms with Gasteiger partial charge in [-0.25, -0.2) is 8.42 Å². The summed E-state index contributed by atoms with van der Waals surface area (Å²) in [7, 11) is -3.51. The van der Waals surface area contributed by atoms with Crippen molar-refractivity contribution < 1.29 is 13.2 Å². The highest BCUT2D eigenvalue weighted by molar-refractivity contribution is 9.10. The smallest absolute Gasteiger partial charge is 0.252 e. The van der Waals surface area contributed by atoms with Crippen LogP contribution in [0.4, 0.5) is 0 Å². The Bertz CT molecular complexity index is 670. The molecular formula is C17H25BrN2O3S. The molecule has 0 saturated carbocycles. The summed E-state index contributed by atoms with van der Waals surface area (Å²) in [5.74, 6) is -0.239. The Kier molecular flexibility index (Phi) is 7.25. The highest BCUT2D eigenvalue weighted by Gasteiger charge is 2.28. The van der Waals surface area contributed by atoms with Crippen LogP contribution in [0.25, 0.3) is 0 Å². The number of hydrogen-bond donors (Lipinski definition) is 1. The van der Waals surface area contributed by atoms with Gasteiger partial charge in [0.15, 0.2) is 0 Å². The number of benzene rings is 1. The van der Waals surface area contributed by atoms with Gasteiger partial charge in [0, 0.05) is 24.1 Å². The number of hydrogen-bond acceptors (Lipinski definition) is 3. The van der Waals surface area contributed by atoms with Gasteiger partial charge in [-0.05, 0) is 53.4 Å². The number of carbonyl (C=O) groups is 1. The maximum Gasteiger partial charge on any atom is 0.252 e. The van der Waals surface area contributed by atoms with Crippen LogP contribution in [0, 0.1) is 0 Å². The average Bonchev–Trinajstić information content (AvgIpc) is 3.10. The summed E-state index contributed by atoms with van der Waals surface area (Å²) in [4.78, 5) is 12.5. The van der Waals surface area contributed by atoms with Crippen molar-refractivity contribution in [2.24, 2.45) is 0 Å². The molecule has 1 aliphatic heterocycles. The van der Waals surface area contributed by atoms with Gasteiger partial charge in [-0.1, -0.05) is 26.2 Å². The second-order valence-electron chi connectivity index (χ2n) is 6.07. The molecule has 1 aromatic rings. The van der Waals surface area contributed by atoms with Gasteiger partial charge >= 0.3 is 0 Å². The third-order valence-electron chi connectivity index (χ3n) is 4.20. The fraction of sp³-hybridized carbons (Fsp3) is 0.588. The first-order valence-corrected chi connectivity index (χ1v) is 10.8. The zero-order chi connectivity index (χ0) is 17.6. The molecule has 1 N–H and O–H groups in total. The Morgan fingerprint density at radius 1 is 1.21 bits per heavy atom. The number of carbonyl (C=O) groups excluding carboxylic acids is 1. The van der Waals surface area contributed by atoms with E-state index in [2.05, 4.69) is 28.2 Å². The summed E-state index contributed by atoms with van der Waals surface area (Å²) < 4.78 is 27.4. The number of halogens is 1. The molecule has 0 radical (unpaired) electrons. The molecule has 1 fully saturated rings. The minimum atomic E-state index is -3.51. The second kappa shape index (κ2) is 8.97. The maximum absolute atomic E-state index is 12.6. The molecule has 24 heavy (non-hydrogen) atoms. The maximum atomic E-state index is 12.6. The third kappa shape index (κ3) is 4.80. The van der Waals surface area contributed by atoms with Crippen molar-refractivity contribution in [1.29, 1.82) is 0 Å². The van der Waals surface area contributed by atoms with Gasteiger partial charge < -0.3 is 5.32 Å². The fourth-order valence-electron chi connectivity index (χ4n) is 2.77. The van der Waals surface area contributed by atoms with Gasteiger partial charge in [0.2, 0.25) is 10.0 Å². The van der Waals surface area contributed by atoms with Crippen molar-refractivity contribution in [2.45, 2.75) is 50.3 Å². The monoisotopic (exact) mass is 416 g/mol. The molecule has 134 valence electrons. The minimum absolute atomic E-state index is 0.184. The predicted octanol–water partition coefficient (Wildman–Crippen LogP) is 3.54. The van der Waals surface area contributed by atoms with Crippen molar-refractivity contribution >= 4 is 31.9 Å². The lowest BCUT2D eigenvalue weighted by Gasteiger charge is -2.16. The molecule has 1 aliphatic rings. The second-order valence-corrected chi connectivity index (χ2v) is 8.86. The summed E-state index contributed by atoms with van der Waals surface area (Å²) in [5.41, 5.74) is 0.366. The summed E-state index contributed by atoms with van der Waals surface area (Å²) in [5, 5.41) is 2.87. The van der Waals surface area contributed by atoms with Crippen LogP contribution in [0.2, 0.25) is 0 Å². The van der Waals surface area contributed by atoms with E-state index < -0.39 is 10.0 Å². The van der Waals surface area contributed by atoms with E-state index in [1.54, 1.807) is 12.1 Å². The van der Waals surface area contributed by atoms with Crippen molar-refractivity contribution in [1.82, 2.24) is 9.62 Å². The van der Waals surface area contributed by atoms with Crippen molar-refractivity contribution in [3.63, 3.8) is 0 Å². The van der Waals surface area contributed by atoms with E-state index in [1.807, 2.05) is 0 Å². The van der Waals surface area contributed by atoms with Crippen LogP contribution in [0.15, 0.2) is 27.6 Å². The van der Waals surface area contributed by atoms with Crippen molar-refractivity contribution in [3.8, 4) is 0 Å². The number of unbranched alkanes of at least 4 members (excludes halogenated alkanes) is 3. The predicted molar refractivity (Wildman–Crippen MR) is 98.6 cm³/mol. The number of sulfonamides is 1. The Hall–Kier alpha value is -0.920. The van der Waals surface area contributed by atoms with Crippen LogP contribution in [0.3, 0.4) is 0 Å². The van der Waals surface area contributed by atoms with Gasteiger partial charge in [0.05, 0.1) is 10.5 Å². The molecule has 2 rings (SSSR count). The highest BCUT2D eigenvalue weighted by Crippen LogP contribution is 2.25. The van der Waals surface area contributed by atoms with Crippen LogP contribution in [0.1, 0.15) is 55.8 Å². The van der Waals surface area contributed by atoms with Gasteiger partial charge in [-0.15, -0.1) is 0 Å². The molecule has 7 heteroatoms. The van der Waals surface area contributed by atoms with Crippen molar-refractivity contribution in [3.05, 3.63) is 28.2 Å². The largest absolute Gasteiger partial charge is 0.352 e. The van der Waals surface area contributed by atoms with E-state index in [0.717, 1.165) is 38.5 Å². The first-order valence-electron chi connectivity index (χ1n) is 8.54.